The van der Waals surface area contributed by atoms with Crippen LogP contribution in [0.5, 0.6) is 0 Å². The average Bonchev–Trinajstić information content (AvgIpc) is 2.94. The smallest absolute Gasteiger partial charge is 0.255 e. The Bertz CT molecular complexity index is 1340. The molecule has 5 rings (SSSR count). The van der Waals surface area contributed by atoms with Gasteiger partial charge < -0.3 is 15.3 Å². The van der Waals surface area contributed by atoms with E-state index < -0.39 is 12.0 Å². The first-order valence-electron chi connectivity index (χ1n) is 12.1. The summed E-state index contributed by atoms with van der Waals surface area (Å²) < 4.78 is 0. The van der Waals surface area contributed by atoms with E-state index in [1.165, 1.54) is 0 Å². The molecule has 180 valence electrons. The molecule has 0 bridgehead atoms. The number of hydrogen-bond donors (Lipinski definition) is 2. The zero-order valence-electron chi connectivity index (χ0n) is 19.9. The first kappa shape index (κ1) is 23.5. The number of hydrogen-bond acceptors (Lipinski definition) is 3. The summed E-state index contributed by atoms with van der Waals surface area (Å²) in [6.45, 7) is 0.714. The van der Waals surface area contributed by atoms with Crippen molar-refractivity contribution in [3.05, 3.63) is 143 Å². The van der Waals surface area contributed by atoms with Gasteiger partial charge in [-0.15, -0.1) is 0 Å². The summed E-state index contributed by atoms with van der Waals surface area (Å²) in [5.41, 5.74) is 4.92. The van der Waals surface area contributed by atoms with Crippen molar-refractivity contribution in [3.63, 3.8) is 0 Å². The van der Waals surface area contributed by atoms with Crippen molar-refractivity contribution in [2.75, 3.05) is 0 Å². The lowest BCUT2D eigenvalue weighted by Crippen LogP contribution is -2.47. The Labute approximate surface area is 211 Å². The molecular formula is C31H28N2O3. The van der Waals surface area contributed by atoms with E-state index in [1.54, 1.807) is 11.0 Å². The van der Waals surface area contributed by atoms with Crippen LogP contribution >= 0.6 is 0 Å². The third-order valence-electron chi connectivity index (χ3n) is 6.73. The molecule has 0 aromatic heterocycles. The van der Waals surface area contributed by atoms with Crippen molar-refractivity contribution in [2.24, 2.45) is 0 Å². The van der Waals surface area contributed by atoms with Gasteiger partial charge in [0.2, 0.25) is 5.91 Å². The number of benzene rings is 4. The zero-order valence-corrected chi connectivity index (χ0v) is 19.9. The SMILES string of the molecule is O=C(NCc1ccccc1)[C@@H]1c2ccccc2C(=O)N(Cc2ccccc2)[C@H]1c1ccc(CO)cc1. The molecule has 4 aromatic rings. The lowest BCUT2D eigenvalue weighted by atomic mass is 9.78. The second-order valence-electron chi connectivity index (χ2n) is 9.03. The van der Waals surface area contributed by atoms with Gasteiger partial charge in [-0.1, -0.05) is 103 Å². The third-order valence-corrected chi connectivity index (χ3v) is 6.73. The Morgan fingerprint density at radius 1 is 0.750 bits per heavy atom. The van der Waals surface area contributed by atoms with Gasteiger partial charge in [0.25, 0.3) is 5.91 Å². The highest BCUT2D eigenvalue weighted by molar-refractivity contribution is 6.01. The number of nitrogens with one attached hydrogen (secondary N) is 1. The number of amides is 2. The molecule has 4 aromatic carbocycles. The predicted octanol–water partition coefficient (Wildman–Crippen LogP) is 4.98. The van der Waals surface area contributed by atoms with Crippen molar-refractivity contribution in [1.29, 1.82) is 0 Å². The first-order chi connectivity index (χ1) is 17.7. The van der Waals surface area contributed by atoms with Crippen LogP contribution in [0.4, 0.5) is 0 Å². The molecule has 0 unspecified atom stereocenters. The molecule has 2 amide bonds. The Hall–Kier alpha value is -4.22. The Balaban J connectivity index is 1.58. The number of rotatable bonds is 7. The second kappa shape index (κ2) is 10.6. The molecule has 0 saturated heterocycles. The predicted molar refractivity (Wildman–Crippen MR) is 139 cm³/mol. The van der Waals surface area contributed by atoms with E-state index >= 15 is 0 Å². The summed E-state index contributed by atoms with van der Waals surface area (Å²) >= 11 is 0. The fraction of sp³-hybridized carbons (Fsp3) is 0.161. The van der Waals surface area contributed by atoms with Crippen LogP contribution in [0.3, 0.4) is 0 Å². The first-order valence-corrected chi connectivity index (χ1v) is 12.1. The molecule has 0 aliphatic carbocycles. The number of carbonyl (C=O) groups excluding carboxylic acids is 2. The number of fused-ring (bicyclic) bond motifs is 1. The fourth-order valence-corrected chi connectivity index (χ4v) is 4.92. The minimum Gasteiger partial charge on any atom is -0.392 e. The van der Waals surface area contributed by atoms with Crippen LogP contribution in [-0.4, -0.2) is 21.8 Å². The van der Waals surface area contributed by atoms with Crippen LogP contribution in [0.15, 0.2) is 109 Å². The molecule has 36 heavy (non-hydrogen) atoms. The summed E-state index contributed by atoms with van der Waals surface area (Å²) in [5.74, 6) is -0.822. The van der Waals surface area contributed by atoms with Gasteiger partial charge in [0, 0.05) is 18.7 Å². The maximum Gasteiger partial charge on any atom is 0.255 e. The normalized spacial score (nSPS) is 16.9. The van der Waals surface area contributed by atoms with Gasteiger partial charge in [0.15, 0.2) is 0 Å². The van der Waals surface area contributed by atoms with E-state index in [-0.39, 0.29) is 18.4 Å². The third kappa shape index (κ3) is 4.79. The van der Waals surface area contributed by atoms with Crippen LogP contribution in [-0.2, 0) is 24.5 Å². The molecule has 2 N–H and O–H groups in total. The standard InChI is InChI=1S/C31H28N2O3/c34-21-24-15-17-25(18-16-24)29-28(30(35)32-19-22-9-3-1-4-10-22)26-13-7-8-14-27(26)31(36)33(29)20-23-11-5-2-6-12-23/h1-18,28-29,34H,19-21H2,(H,32,35)/t28-,29+/m1/s1. The summed E-state index contributed by atoms with van der Waals surface area (Å²) in [7, 11) is 0. The fourth-order valence-electron chi connectivity index (χ4n) is 4.92. The van der Waals surface area contributed by atoms with Gasteiger partial charge in [-0.2, -0.15) is 0 Å². The van der Waals surface area contributed by atoms with E-state index in [0.717, 1.165) is 27.8 Å². The molecular weight excluding hydrogens is 448 g/mol. The molecule has 0 fully saturated rings. The summed E-state index contributed by atoms with van der Waals surface area (Å²) in [6, 6.07) is 34.0. The van der Waals surface area contributed by atoms with E-state index in [9.17, 15) is 14.7 Å². The van der Waals surface area contributed by atoms with Gasteiger partial charge in [0.05, 0.1) is 18.6 Å². The van der Waals surface area contributed by atoms with E-state index in [1.807, 2.05) is 103 Å². The van der Waals surface area contributed by atoms with Gasteiger partial charge in [-0.25, -0.2) is 0 Å². The Morgan fingerprint density at radius 2 is 1.36 bits per heavy atom. The van der Waals surface area contributed by atoms with Crippen LogP contribution in [0, 0.1) is 0 Å². The molecule has 1 aliphatic heterocycles. The number of aliphatic hydroxyl groups is 1. The largest absolute Gasteiger partial charge is 0.392 e. The van der Waals surface area contributed by atoms with Crippen LogP contribution < -0.4 is 5.32 Å². The quantitative estimate of drug-likeness (QED) is 0.395. The highest BCUT2D eigenvalue weighted by Crippen LogP contribution is 2.43. The summed E-state index contributed by atoms with van der Waals surface area (Å²) in [6.07, 6.45) is 0. The average molecular weight is 477 g/mol. The Morgan fingerprint density at radius 3 is 2.03 bits per heavy atom. The molecule has 0 radical (unpaired) electrons. The minimum absolute atomic E-state index is 0.0680. The molecule has 1 aliphatic rings. The number of aliphatic hydroxyl groups excluding tert-OH is 1. The molecule has 0 spiro atoms. The van der Waals surface area contributed by atoms with Gasteiger partial charge in [0.1, 0.15) is 0 Å². The second-order valence-corrected chi connectivity index (χ2v) is 9.03. The monoisotopic (exact) mass is 476 g/mol. The highest BCUT2D eigenvalue weighted by atomic mass is 16.3. The van der Waals surface area contributed by atoms with Gasteiger partial charge in [-0.3, -0.25) is 9.59 Å². The zero-order chi connectivity index (χ0) is 24.9. The van der Waals surface area contributed by atoms with Crippen LogP contribution in [0.25, 0.3) is 0 Å². The number of nitrogens with zero attached hydrogens (tertiary/aromatic N) is 1. The van der Waals surface area contributed by atoms with E-state index in [2.05, 4.69) is 5.32 Å². The minimum atomic E-state index is -0.591. The molecule has 0 saturated carbocycles. The van der Waals surface area contributed by atoms with Crippen molar-refractivity contribution in [2.45, 2.75) is 31.7 Å². The molecule has 1 heterocycles. The van der Waals surface area contributed by atoms with Crippen molar-refractivity contribution in [1.82, 2.24) is 10.2 Å². The topological polar surface area (TPSA) is 69.6 Å². The maximum absolute atomic E-state index is 13.9. The van der Waals surface area contributed by atoms with E-state index in [0.29, 0.717) is 18.7 Å². The van der Waals surface area contributed by atoms with Gasteiger partial charge >= 0.3 is 0 Å². The highest BCUT2D eigenvalue weighted by Gasteiger charge is 2.44. The van der Waals surface area contributed by atoms with E-state index in [4.69, 9.17) is 0 Å². The van der Waals surface area contributed by atoms with Crippen LogP contribution in [0.1, 0.15) is 50.1 Å². The molecule has 5 heteroatoms. The van der Waals surface area contributed by atoms with Crippen molar-refractivity contribution < 1.29 is 14.7 Å². The maximum atomic E-state index is 13.9. The number of carbonyl (C=O) groups is 2. The Kier molecular flexibility index (Phi) is 6.92. The lowest BCUT2D eigenvalue weighted by molar-refractivity contribution is -0.124. The van der Waals surface area contributed by atoms with Gasteiger partial charge in [-0.05, 0) is 33.9 Å². The molecule has 5 nitrogen and oxygen atoms in total. The molecule has 2 atom stereocenters. The lowest BCUT2D eigenvalue weighted by Gasteiger charge is -2.42. The van der Waals surface area contributed by atoms with Crippen LogP contribution in [0.2, 0.25) is 0 Å². The summed E-state index contributed by atoms with van der Waals surface area (Å²) in [4.78, 5) is 29.5. The van der Waals surface area contributed by atoms with Crippen molar-refractivity contribution in [3.8, 4) is 0 Å². The summed E-state index contributed by atoms with van der Waals surface area (Å²) in [5, 5.41) is 12.7. The van der Waals surface area contributed by atoms with Crippen molar-refractivity contribution >= 4 is 11.8 Å².